The summed E-state index contributed by atoms with van der Waals surface area (Å²) in [5, 5.41) is 36.3. The number of alkyl halides is 6. The number of carbonyl (C=O) groups is 2. The van der Waals surface area contributed by atoms with Gasteiger partial charge in [-0.2, -0.15) is 26.3 Å². The SMILES string of the molecule is C[C@]12C=CC(=O)N[C@@H]1CC[C@@H]1[C@@H]2CC[C@]2(C)[C@@H](C(=O)Nc3cc(C(F)(F)F)ccc3C(F)(F)F)CC[C@@H]12.O=[N+]([O-])c1cc([N+](=O)[O-])cc([N+](=O)[O-])c1. The second-order valence-electron chi connectivity index (χ2n) is 14.1. The Morgan fingerprint density at radius 1 is 0.808 bits per heavy atom. The Labute approximate surface area is 291 Å². The van der Waals surface area contributed by atoms with Gasteiger partial charge in [0, 0.05) is 17.4 Å². The molecular weight excluding hydrogens is 708 g/mol. The number of benzene rings is 2. The smallest absolute Gasteiger partial charge is 0.349 e. The van der Waals surface area contributed by atoms with Gasteiger partial charge in [0.25, 0.3) is 17.1 Å². The number of carbonyl (C=O) groups excluding carboxylic acids is 2. The molecule has 2 aromatic rings. The number of hydrogen-bond donors (Lipinski definition) is 2. The number of non-ortho nitro benzene ring substituents is 3. The van der Waals surface area contributed by atoms with Crippen LogP contribution in [0.5, 0.6) is 0 Å². The molecule has 52 heavy (non-hydrogen) atoms. The van der Waals surface area contributed by atoms with E-state index in [4.69, 9.17) is 0 Å². The largest absolute Gasteiger partial charge is 0.418 e. The maximum absolute atomic E-state index is 13.6. The van der Waals surface area contributed by atoms with E-state index in [1.54, 1.807) is 6.08 Å². The Kier molecular flexibility index (Phi) is 9.88. The quantitative estimate of drug-likeness (QED) is 0.175. The molecule has 2 amide bonds. The summed E-state index contributed by atoms with van der Waals surface area (Å²) in [5.74, 6) is -0.555. The first-order valence-corrected chi connectivity index (χ1v) is 16.2. The molecule has 4 aliphatic rings. The summed E-state index contributed by atoms with van der Waals surface area (Å²) in [6, 6.07) is 3.16. The van der Waals surface area contributed by atoms with Gasteiger partial charge in [0.1, 0.15) is 0 Å². The predicted molar refractivity (Wildman–Crippen MR) is 170 cm³/mol. The van der Waals surface area contributed by atoms with E-state index in [0.29, 0.717) is 61.1 Å². The summed E-state index contributed by atoms with van der Waals surface area (Å²) in [5.41, 5.74) is -6.11. The standard InChI is InChI=1S/C27H30F6N2O2.C6H3N3O6/c1-24-11-9-17-15(4-8-21-25(17,2)12-10-22(36)35-21)16(24)6-7-19(24)23(37)34-20-13-14(26(28,29)30)3-5-18(20)27(31,32)33;10-7(11)4-1-5(8(12)13)3-6(2-4)9(14)15/h3,5,10,12-13,15-17,19,21H,4,6-9,11H2,1-2H3,(H,34,37)(H,35,36);1-3H/t15-,16-,17-,19+,21+,24-,25+;/m0./s1. The van der Waals surface area contributed by atoms with Gasteiger partial charge in [-0.15, -0.1) is 0 Å². The van der Waals surface area contributed by atoms with Crippen LogP contribution in [0, 0.1) is 64.8 Å². The third-order valence-electron chi connectivity index (χ3n) is 11.4. The number of rotatable bonds is 5. The van der Waals surface area contributed by atoms with Crippen LogP contribution in [0.2, 0.25) is 0 Å². The van der Waals surface area contributed by atoms with E-state index < -0.39 is 78.2 Å². The molecule has 3 fully saturated rings. The van der Waals surface area contributed by atoms with Crippen molar-refractivity contribution in [1.82, 2.24) is 5.32 Å². The number of hydrogen-bond acceptors (Lipinski definition) is 8. The highest BCUT2D eigenvalue weighted by Crippen LogP contribution is 2.65. The van der Waals surface area contributed by atoms with Crippen molar-refractivity contribution in [3.8, 4) is 0 Å². The second kappa shape index (κ2) is 13.5. The van der Waals surface area contributed by atoms with Crippen LogP contribution < -0.4 is 10.6 Å². The Bertz CT molecular complexity index is 1770. The van der Waals surface area contributed by atoms with Gasteiger partial charge >= 0.3 is 12.4 Å². The van der Waals surface area contributed by atoms with Crippen molar-refractivity contribution in [3.05, 3.63) is 90.0 Å². The molecule has 1 heterocycles. The number of amides is 2. The summed E-state index contributed by atoms with van der Waals surface area (Å²) in [7, 11) is 0. The zero-order valence-corrected chi connectivity index (χ0v) is 27.6. The molecule has 0 aromatic heterocycles. The fraction of sp³-hybridized carbons (Fsp3) is 0.515. The molecule has 7 atom stereocenters. The first kappa shape index (κ1) is 38.1. The molecule has 280 valence electrons. The molecule has 2 aromatic carbocycles. The lowest BCUT2D eigenvalue weighted by molar-refractivity contribution is -0.403. The highest BCUT2D eigenvalue weighted by molar-refractivity contribution is 5.94. The highest BCUT2D eigenvalue weighted by atomic mass is 19.4. The van der Waals surface area contributed by atoms with Crippen LogP contribution in [0.15, 0.2) is 48.6 Å². The van der Waals surface area contributed by atoms with Gasteiger partial charge in [0.2, 0.25) is 11.8 Å². The van der Waals surface area contributed by atoms with E-state index in [1.165, 1.54) is 0 Å². The van der Waals surface area contributed by atoms with Crippen molar-refractivity contribution in [2.75, 3.05) is 5.32 Å². The lowest BCUT2D eigenvalue weighted by Crippen LogP contribution is -2.59. The van der Waals surface area contributed by atoms with Gasteiger partial charge < -0.3 is 10.6 Å². The minimum atomic E-state index is -4.91. The van der Waals surface area contributed by atoms with Gasteiger partial charge in [-0.3, -0.25) is 39.9 Å². The highest BCUT2D eigenvalue weighted by Gasteiger charge is 2.61. The summed E-state index contributed by atoms with van der Waals surface area (Å²) >= 11 is 0. The lowest BCUT2D eigenvalue weighted by Gasteiger charge is -2.58. The predicted octanol–water partition coefficient (Wildman–Crippen LogP) is 7.99. The molecule has 0 saturated heterocycles. The molecule has 13 nitrogen and oxygen atoms in total. The van der Waals surface area contributed by atoms with Crippen molar-refractivity contribution in [2.24, 2.45) is 34.5 Å². The van der Waals surface area contributed by atoms with Gasteiger partial charge in [-0.1, -0.05) is 19.9 Å². The van der Waals surface area contributed by atoms with Crippen LogP contribution in [0.1, 0.15) is 63.5 Å². The number of nitrogens with one attached hydrogen (secondary N) is 2. The number of fused-ring (bicyclic) bond motifs is 5. The maximum atomic E-state index is 13.6. The average Bonchev–Trinajstić information content (AvgIpc) is 3.41. The molecule has 6 rings (SSSR count). The molecular formula is C33H33F6N5O8. The zero-order valence-electron chi connectivity index (χ0n) is 27.6. The van der Waals surface area contributed by atoms with Crippen molar-refractivity contribution in [1.29, 1.82) is 0 Å². The Morgan fingerprint density at radius 3 is 1.90 bits per heavy atom. The number of anilines is 1. The van der Waals surface area contributed by atoms with Crippen LogP contribution in [0.4, 0.5) is 49.1 Å². The normalized spacial score (nSPS) is 29.3. The fourth-order valence-corrected chi connectivity index (χ4v) is 8.95. The van der Waals surface area contributed by atoms with Crippen LogP contribution in [-0.4, -0.2) is 32.6 Å². The number of nitro groups is 3. The first-order valence-electron chi connectivity index (χ1n) is 16.2. The van der Waals surface area contributed by atoms with E-state index in [0.717, 1.165) is 25.7 Å². The van der Waals surface area contributed by atoms with Crippen molar-refractivity contribution < 1.29 is 50.7 Å². The molecule has 0 unspecified atom stereocenters. The molecule has 0 radical (unpaired) electrons. The summed E-state index contributed by atoms with van der Waals surface area (Å²) in [6.07, 6.45) is -1.73. The van der Waals surface area contributed by atoms with Crippen LogP contribution in [0.25, 0.3) is 0 Å². The molecule has 3 aliphatic carbocycles. The number of nitrogens with zero attached hydrogens (tertiary/aromatic N) is 3. The van der Waals surface area contributed by atoms with E-state index >= 15 is 0 Å². The molecule has 1 aliphatic heterocycles. The zero-order chi connectivity index (χ0) is 38.6. The first-order chi connectivity index (χ1) is 24.1. The van der Waals surface area contributed by atoms with Crippen LogP contribution in [0.3, 0.4) is 0 Å². The van der Waals surface area contributed by atoms with Crippen molar-refractivity contribution in [2.45, 2.75) is 70.8 Å². The third-order valence-corrected chi connectivity index (χ3v) is 11.4. The third kappa shape index (κ3) is 7.16. The molecule has 2 N–H and O–H groups in total. The van der Waals surface area contributed by atoms with Gasteiger partial charge in [-0.05, 0) is 86.0 Å². The fourth-order valence-electron chi connectivity index (χ4n) is 8.95. The summed E-state index contributed by atoms with van der Waals surface area (Å²) in [4.78, 5) is 53.4. The molecule has 0 spiro atoms. The van der Waals surface area contributed by atoms with E-state index in [2.05, 4.69) is 17.6 Å². The van der Waals surface area contributed by atoms with Crippen LogP contribution >= 0.6 is 0 Å². The van der Waals surface area contributed by atoms with E-state index in [-0.39, 0.29) is 23.3 Å². The Morgan fingerprint density at radius 2 is 1.38 bits per heavy atom. The monoisotopic (exact) mass is 741 g/mol. The molecule has 19 heteroatoms. The molecule has 3 saturated carbocycles. The van der Waals surface area contributed by atoms with E-state index in [9.17, 15) is 66.3 Å². The van der Waals surface area contributed by atoms with Gasteiger partial charge in [-0.25, -0.2) is 0 Å². The minimum absolute atomic E-state index is 0.0535. The number of halogens is 6. The van der Waals surface area contributed by atoms with Gasteiger partial charge in [0.15, 0.2) is 0 Å². The Hall–Kier alpha value is -5.10. The summed E-state index contributed by atoms with van der Waals surface area (Å²) in [6.45, 7) is 4.17. The number of nitro benzene ring substituents is 3. The summed E-state index contributed by atoms with van der Waals surface area (Å²) < 4.78 is 80.4. The van der Waals surface area contributed by atoms with Gasteiger partial charge in [0.05, 0.1) is 49.8 Å². The Balaban J connectivity index is 0.000000293. The molecule has 0 bridgehead atoms. The lowest BCUT2D eigenvalue weighted by atomic mass is 9.48. The van der Waals surface area contributed by atoms with Crippen LogP contribution in [-0.2, 0) is 21.9 Å². The van der Waals surface area contributed by atoms with E-state index in [1.807, 2.05) is 13.0 Å². The average molecular weight is 742 g/mol. The van der Waals surface area contributed by atoms with Crippen molar-refractivity contribution in [3.63, 3.8) is 0 Å². The second-order valence-corrected chi connectivity index (χ2v) is 14.1. The minimum Gasteiger partial charge on any atom is -0.349 e. The van der Waals surface area contributed by atoms with Crippen molar-refractivity contribution >= 4 is 34.6 Å². The maximum Gasteiger partial charge on any atom is 0.418 e. The topological polar surface area (TPSA) is 188 Å².